The summed E-state index contributed by atoms with van der Waals surface area (Å²) in [7, 11) is -3.91. The summed E-state index contributed by atoms with van der Waals surface area (Å²) in [5, 5.41) is 32.9. The third-order valence-electron chi connectivity index (χ3n) is 11.8. The van der Waals surface area contributed by atoms with E-state index < -0.39 is 34.2 Å². The van der Waals surface area contributed by atoms with Gasteiger partial charge in [-0.2, -0.15) is 8.42 Å². The van der Waals surface area contributed by atoms with Gasteiger partial charge in [-0.05, 0) is 97.7 Å². The number of hydrogen-bond acceptors (Lipinski definition) is 8. The van der Waals surface area contributed by atoms with Gasteiger partial charge in [0, 0.05) is 6.54 Å². The van der Waals surface area contributed by atoms with Crippen molar-refractivity contribution in [2.75, 3.05) is 12.3 Å². The molecule has 8 nitrogen and oxygen atoms in total. The lowest BCUT2D eigenvalue weighted by Crippen LogP contribution is -2.62. The van der Waals surface area contributed by atoms with Crippen LogP contribution in [-0.2, 0) is 19.1 Å². The highest BCUT2D eigenvalue weighted by Crippen LogP contribution is 2.68. The molecule has 4 aliphatic rings. The largest absolute Gasteiger partial charge is 0.393 e. The van der Waals surface area contributed by atoms with Gasteiger partial charge in [-0.15, -0.1) is 0 Å². The van der Waals surface area contributed by atoms with E-state index >= 15 is 0 Å². The van der Waals surface area contributed by atoms with Crippen LogP contribution in [0.25, 0.3) is 0 Å². The first-order valence-electron chi connectivity index (χ1n) is 14.9. The molecule has 0 aromatic rings. The number of aliphatic hydroxyl groups is 3. The monoisotopic (exact) mass is 557 g/mol. The normalized spacial score (nSPS) is 44.4. The molecule has 4 saturated carbocycles. The summed E-state index contributed by atoms with van der Waals surface area (Å²) in [4.78, 5) is 12.2. The lowest BCUT2D eigenvalue weighted by molar-refractivity contribution is -0.212. The van der Waals surface area contributed by atoms with Crippen molar-refractivity contribution in [3.8, 4) is 0 Å². The van der Waals surface area contributed by atoms with Gasteiger partial charge < -0.3 is 25.2 Å². The molecule has 0 radical (unpaired) electrons. The van der Waals surface area contributed by atoms with Gasteiger partial charge in [-0.25, -0.2) is 0 Å². The third kappa shape index (κ3) is 5.44. The van der Waals surface area contributed by atoms with Crippen LogP contribution in [-0.4, -0.2) is 60.3 Å². The molecule has 4 rings (SSSR count). The summed E-state index contributed by atoms with van der Waals surface area (Å²) < 4.78 is 28.2. The van der Waals surface area contributed by atoms with E-state index in [4.69, 9.17) is 9.92 Å². The second-order valence-electron chi connectivity index (χ2n) is 13.8. The Morgan fingerprint density at radius 1 is 1.03 bits per heavy atom. The van der Waals surface area contributed by atoms with Crippen molar-refractivity contribution in [2.24, 2.45) is 58.0 Å². The fourth-order valence-corrected chi connectivity index (χ4v) is 10.5. The Bertz CT molecular complexity index is 959. The highest BCUT2D eigenvalue weighted by atomic mass is 32.2. The maximum atomic E-state index is 12.2. The Balaban J connectivity index is 1.37. The Kier molecular flexibility index (Phi) is 8.96. The van der Waals surface area contributed by atoms with E-state index in [1.54, 1.807) is 6.92 Å². The molecule has 0 amide bonds. The van der Waals surface area contributed by atoms with Gasteiger partial charge in [0.05, 0.1) is 30.0 Å². The van der Waals surface area contributed by atoms with Crippen molar-refractivity contribution in [2.45, 2.75) is 110 Å². The number of fused-ring (bicyclic) bond motifs is 5. The van der Waals surface area contributed by atoms with Crippen molar-refractivity contribution in [3.63, 3.8) is 0 Å². The molecule has 4 fully saturated rings. The van der Waals surface area contributed by atoms with Crippen LogP contribution in [0.2, 0.25) is 0 Å². The first-order chi connectivity index (χ1) is 17.7. The summed E-state index contributed by atoms with van der Waals surface area (Å²) in [5.41, 5.74) is 5.19. The number of rotatable bonds is 9. The van der Waals surface area contributed by atoms with Gasteiger partial charge in [0.1, 0.15) is 0 Å². The van der Waals surface area contributed by atoms with Crippen LogP contribution in [0, 0.1) is 52.3 Å². The Labute approximate surface area is 229 Å². The van der Waals surface area contributed by atoms with Gasteiger partial charge in [-0.1, -0.05) is 40.5 Å². The molecule has 0 aromatic heterocycles. The second-order valence-corrected chi connectivity index (χ2v) is 15.5. The van der Waals surface area contributed by atoms with E-state index in [-0.39, 0.29) is 47.0 Å². The molecular weight excluding hydrogens is 506 g/mol. The van der Waals surface area contributed by atoms with Crippen LogP contribution in [0.4, 0.5) is 0 Å². The summed E-state index contributed by atoms with van der Waals surface area (Å²) >= 11 is 0. The van der Waals surface area contributed by atoms with Crippen LogP contribution in [0.5, 0.6) is 0 Å². The summed E-state index contributed by atoms with van der Waals surface area (Å²) in [5.74, 6) is 0.536. The average Bonchev–Trinajstić information content (AvgIpc) is 3.17. The molecule has 0 heterocycles. The standard InChI is InChI=1S/C29H51NO7S/c1-17(6-5-7-18(2)27(34)37-38(35,36)13-12-30)21-8-9-22-26-23(10-11-28(21,22)3)29(4)19(15-24(26)32)14-20(31)16-25(29)33/h17-26,31-33H,5-16,30H2,1-4H3/t17-,18-,19+,20+,21-,22+,23+,24-,25-,26+,28-,29+/m1/s1. The lowest BCUT2D eigenvalue weighted by atomic mass is 9.43. The van der Waals surface area contributed by atoms with Crippen LogP contribution in [0.1, 0.15) is 91.9 Å². The van der Waals surface area contributed by atoms with Gasteiger partial charge in [-0.3, -0.25) is 4.79 Å². The maximum Gasteiger partial charge on any atom is 0.324 e. The molecule has 0 saturated heterocycles. The summed E-state index contributed by atoms with van der Waals surface area (Å²) in [6, 6.07) is 0. The molecule has 0 aliphatic heterocycles. The zero-order valence-electron chi connectivity index (χ0n) is 23.7. The lowest BCUT2D eigenvalue weighted by Gasteiger charge is -2.63. The average molecular weight is 558 g/mol. The summed E-state index contributed by atoms with van der Waals surface area (Å²) in [6.45, 7) is 8.59. The van der Waals surface area contributed by atoms with E-state index in [1.165, 1.54) is 0 Å². The minimum atomic E-state index is -3.91. The molecule has 9 heteroatoms. The number of carbonyl (C=O) groups is 1. The highest BCUT2D eigenvalue weighted by molar-refractivity contribution is 7.87. The quantitative estimate of drug-likeness (QED) is 0.316. The molecule has 12 atom stereocenters. The highest BCUT2D eigenvalue weighted by Gasteiger charge is 2.64. The number of nitrogens with two attached hydrogens (primary N) is 1. The van der Waals surface area contributed by atoms with Crippen molar-refractivity contribution in [1.29, 1.82) is 0 Å². The zero-order chi connectivity index (χ0) is 28.0. The van der Waals surface area contributed by atoms with Gasteiger partial charge in [0.15, 0.2) is 0 Å². The van der Waals surface area contributed by atoms with Crippen LogP contribution in [0.3, 0.4) is 0 Å². The van der Waals surface area contributed by atoms with Gasteiger partial charge in [0.2, 0.25) is 0 Å². The molecule has 0 bridgehead atoms. The smallest absolute Gasteiger partial charge is 0.324 e. The minimum absolute atomic E-state index is 0.0786. The van der Waals surface area contributed by atoms with E-state index in [2.05, 4.69) is 20.8 Å². The molecule has 5 N–H and O–H groups in total. The van der Waals surface area contributed by atoms with Crippen molar-refractivity contribution < 1.29 is 32.7 Å². The van der Waals surface area contributed by atoms with Crippen molar-refractivity contribution in [1.82, 2.24) is 0 Å². The minimum Gasteiger partial charge on any atom is -0.393 e. The molecule has 0 unspecified atom stereocenters. The predicted molar refractivity (Wildman–Crippen MR) is 145 cm³/mol. The topological polar surface area (TPSA) is 147 Å². The Hall–Kier alpha value is -0.740. The first kappa shape index (κ1) is 30.2. The fraction of sp³-hybridized carbons (Fsp3) is 0.966. The molecule has 38 heavy (non-hydrogen) atoms. The van der Waals surface area contributed by atoms with Crippen molar-refractivity contribution >= 4 is 16.1 Å². The third-order valence-corrected chi connectivity index (χ3v) is 12.9. The number of aliphatic hydroxyl groups excluding tert-OH is 3. The van der Waals surface area contributed by atoms with E-state index in [0.29, 0.717) is 43.4 Å². The van der Waals surface area contributed by atoms with Gasteiger partial charge >= 0.3 is 16.1 Å². The second kappa shape index (κ2) is 11.3. The molecule has 4 aliphatic carbocycles. The molecule has 0 aromatic carbocycles. The van der Waals surface area contributed by atoms with E-state index in [9.17, 15) is 28.5 Å². The Morgan fingerprint density at radius 2 is 1.74 bits per heavy atom. The summed E-state index contributed by atoms with van der Waals surface area (Å²) in [6.07, 6.45) is 7.15. The number of hydrogen-bond donors (Lipinski definition) is 4. The van der Waals surface area contributed by atoms with Crippen LogP contribution in [0.15, 0.2) is 0 Å². The molecule has 0 spiro atoms. The molecule has 220 valence electrons. The zero-order valence-corrected chi connectivity index (χ0v) is 24.5. The predicted octanol–water partition coefficient (Wildman–Crippen LogP) is 3.22. The van der Waals surface area contributed by atoms with Crippen LogP contribution >= 0.6 is 0 Å². The number of carbonyl (C=O) groups excluding carboxylic acids is 1. The van der Waals surface area contributed by atoms with E-state index in [1.807, 2.05) is 0 Å². The maximum absolute atomic E-state index is 12.2. The van der Waals surface area contributed by atoms with Gasteiger partial charge in [0.25, 0.3) is 0 Å². The van der Waals surface area contributed by atoms with E-state index in [0.717, 1.165) is 38.5 Å². The van der Waals surface area contributed by atoms with Crippen molar-refractivity contribution in [3.05, 3.63) is 0 Å². The SMILES string of the molecule is C[C@H](CCC[C@@H](C)[C@H]1CC[C@H]2[C@@H]3[C@H](O)C[C@@H]4C[C@H](O)C[C@@H](O)[C@]4(C)[C@H]3CC[C@]12C)C(=O)OS(=O)(=O)CCN. The first-order valence-corrected chi connectivity index (χ1v) is 16.5. The molecular formula is C29H51NO7S. The van der Waals surface area contributed by atoms with Crippen LogP contribution < -0.4 is 5.73 Å². The fourth-order valence-electron chi connectivity index (χ4n) is 9.70. The Morgan fingerprint density at radius 3 is 2.42 bits per heavy atom.